The lowest BCUT2D eigenvalue weighted by Gasteiger charge is -2.16. The summed E-state index contributed by atoms with van der Waals surface area (Å²) in [7, 11) is 2.17. The highest BCUT2D eigenvalue weighted by Crippen LogP contribution is 2.24. The molecule has 3 heteroatoms. The van der Waals surface area contributed by atoms with E-state index < -0.39 is 0 Å². The molecule has 2 nitrogen and oxygen atoms in total. The third-order valence-electron chi connectivity index (χ3n) is 3.44. The number of rotatable bonds is 6. The van der Waals surface area contributed by atoms with Crippen LogP contribution in [0.2, 0.25) is 0 Å². The lowest BCUT2D eigenvalue weighted by atomic mass is 10.1. The van der Waals surface area contributed by atoms with Gasteiger partial charge in [0, 0.05) is 25.7 Å². The maximum atomic E-state index is 13.1. The molecule has 0 radical (unpaired) electrons. The average molecular weight is 236 g/mol. The number of halogens is 1. The highest BCUT2D eigenvalue weighted by molar-refractivity contribution is 5.26. The van der Waals surface area contributed by atoms with Gasteiger partial charge in [-0.2, -0.15) is 0 Å². The summed E-state index contributed by atoms with van der Waals surface area (Å²) in [6, 6.07) is 5.78. The van der Waals surface area contributed by atoms with E-state index in [1.165, 1.54) is 18.9 Å². The molecule has 94 valence electrons. The predicted octanol–water partition coefficient (Wildman–Crippen LogP) is 2.32. The zero-order valence-corrected chi connectivity index (χ0v) is 10.7. The van der Waals surface area contributed by atoms with Crippen LogP contribution in [0.1, 0.15) is 24.0 Å². The Morgan fingerprint density at radius 3 is 2.88 bits per heavy atom. The Morgan fingerprint density at radius 2 is 2.18 bits per heavy atom. The quantitative estimate of drug-likeness (QED) is 0.763. The SMILES string of the molecule is Cc1ccc(F)cc1CNCCN(C)C1CC1. The monoisotopic (exact) mass is 236 g/mol. The number of nitrogens with one attached hydrogen (secondary N) is 1. The molecule has 17 heavy (non-hydrogen) atoms. The van der Waals surface area contributed by atoms with Crippen LogP contribution in [0.25, 0.3) is 0 Å². The number of likely N-dealkylation sites (N-methyl/N-ethyl adjacent to an activating group) is 1. The van der Waals surface area contributed by atoms with E-state index in [1.807, 2.05) is 13.0 Å². The van der Waals surface area contributed by atoms with Crippen molar-refractivity contribution in [2.45, 2.75) is 32.4 Å². The van der Waals surface area contributed by atoms with Gasteiger partial charge in [0.15, 0.2) is 0 Å². The molecule has 1 fully saturated rings. The van der Waals surface area contributed by atoms with Gasteiger partial charge in [-0.15, -0.1) is 0 Å². The van der Waals surface area contributed by atoms with Crippen molar-refractivity contribution in [3.8, 4) is 0 Å². The van der Waals surface area contributed by atoms with Crippen molar-refractivity contribution < 1.29 is 4.39 Å². The molecule has 0 unspecified atom stereocenters. The highest BCUT2D eigenvalue weighted by atomic mass is 19.1. The zero-order chi connectivity index (χ0) is 12.3. The first kappa shape index (κ1) is 12.5. The maximum Gasteiger partial charge on any atom is 0.123 e. The summed E-state index contributed by atoms with van der Waals surface area (Å²) in [5.41, 5.74) is 2.20. The van der Waals surface area contributed by atoms with Crippen LogP contribution in [0, 0.1) is 12.7 Å². The molecule has 1 saturated carbocycles. The second-order valence-electron chi connectivity index (χ2n) is 4.96. The Morgan fingerprint density at radius 1 is 1.41 bits per heavy atom. The van der Waals surface area contributed by atoms with Crippen LogP contribution >= 0.6 is 0 Å². The van der Waals surface area contributed by atoms with E-state index in [4.69, 9.17) is 0 Å². The molecule has 0 bridgehead atoms. The van der Waals surface area contributed by atoms with Crippen molar-refractivity contribution in [1.82, 2.24) is 10.2 Å². The molecule has 0 atom stereocenters. The van der Waals surface area contributed by atoms with Crippen LogP contribution in [0.15, 0.2) is 18.2 Å². The van der Waals surface area contributed by atoms with Crippen molar-refractivity contribution in [2.24, 2.45) is 0 Å². The van der Waals surface area contributed by atoms with Gasteiger partial charge in [0.25, 0.3) is 0 Å². The lowest BCUT2D eigenvalue weighted by molar-refractivity contribution is 0.321. The maximum absolute atomic E-state index is 13.1. The number of hydrogen-bond donors (Lipinski definition) is 1. The standard InChI is InChI=1S/C14H21FN2/c1-11-3-4-13(15)9-12(11)10-16-7-8-17(2)14-5-6-14/h3-4,9,14,16H,5-8,10H2,1-2H3. The van der Waals surface area contributed by atoms with Crippen LogP contribution in [0.5, 0.6) is 0 Å². The van der Waals surface area contributed by atoms with Crippen molar-refractivity contribution in [3.05, 3.63) is 35.1 Å². The molecule has 0 saturated heterocycles. The summed E-state index contributed by atoms with van der Waals surface area (Å²) >= 11 is 0. The molecule has 0 heterocycles. The van der Waals surface area contributed by atoms with Gasteiger partial charge >= 0.3 is 0 Å². The van der Waals surface area contributed by atoms with E-state index in [0.717, 1.165) is 36.8 Å². The van der Waals surface area contributed by atoms with Crippen molar-refractivity contribution in [1.29, 1.82) is 0 Å². The van der Waals surface area contributed by atoms with Gasteiger partial charge < -0.3 is 10.2 Å². The smallest absolute Gasteiger partial charge is 0.123 e. The van der Waals surface area contributed by atoms with Crippen molar-refractivity contribution in [2.75, 3.05) is 20.1 Å². The van der Waals surface area contributed by atoms with Crippen LogP contribution in [-0.2, 0) is 6.54 Å². The molecular formula is C14H21FN2. The Bertz CT molecular complexity index is 374. The molecule has 0 aromatic heterocycles. The molecule has 1 aromatic rings. The summed E-state index contributed by atoms with van der Waals surface area (Å²) in [5, 5.41) is 3.37. The van der Waals surface area contributed by atoms with E-state index in [-0.39, 0.29) is 5.82 Å². The van der Waals surface area contributed by atoms with Gasteiger partial charge in [0.2, 0.25) is 0 Å². The predicted molar refractivity (Wildman–Crippen MR) is 68.5 cm³/mol. The fourth-order valence-electron chi connectivity index (χ4n) is 2.01. The second kappa shape index (κ2) is 5.61. The first-order chi connectivity index (χ1) is 8.16. The van der Waals surface area contributed by atoms with Gasteiger partial charge in [-0.1, -0.05) is 6.07 Å². The van der Waals surface area contributed by atoms with Crippen LogP contribution < -0.4 is 5.32 Å². The fourth-order valence-corrected chi connectivity index (χ4v) is 2.01. The number of hydrogen-bond acceptors (Lipinski definition) is 2. The number of nitrogens with zero attached hydrogens (tertiary/aromatic N) is 1. The molecule has 1 N–H and O–H groups in total. The minimum absolute atomic E-state index is 0.150. The molecule has 0 aliphatic heterocycles. The number of aryl methyl sites for hydroxylation is 1. The Labute approximate surface area is 103 Å². The van der Waals surface area contributed by atoms with Gasteiger partial charge in [0.1, 0.15) is 5.82 Å². The van der Waals surface area contributed by atoms with Crippen LogP contribution in [-0.4, -0.2) is 31.1 Å². The first-order valence-corrected chi connectivity index (χ1v) is 6.33. The summed E-state index contributed by atoms with van der Waals surface area (Å²) in [6.45, 7) is 4.80. The Balaban J connectivity index is 1.71. The van der Waals surface area contributed by atoms with Crippen LogP contribution in [0.4, 0.5) is 4.39 Å². The Kier molecular flexibility index (Phi) is 4.13. The summed E-state index contributed by atoms with van der Waals surface area (Å²) < 4.78 is 13.1. The van der Waals surface area contributed by atoms with Crippen molar-refractivity contribution >= 4 is 0 Å². The van der Waals surface area contributed by atoms with Gasteiger partial charge in [-0.25, -0.2) is 4.39 Å². The molecule has 0 spiro atoms. The fraction of sp³-hybridized carbons (Fsp3) is 0.571. The average Bonchev–Trinajstić information content (AvgIpc) is 3.12. The molecule has 2 rings (SSSR count). The van der Waals surface area contributed by atoms with E-state index in [9.17, 15) is 4.39 Å². The molecule has 0 amide bonds. The molecule has 1 aliphatic carbocycles. The molecule has 1 aliphatic rings. The third kappa shape index (κ3) is 3.79. The second-order valence-corrected chi connectivity index (χ2v) is 4.96. The van der Waals surface area contributed by atoms with E-state index in [0.29, 0.717) is 0 Å². The normalized spacial score (nSPS) is 15.5. The lowest BCUT2D eigenvalue weighted by Crippen LogP contribution is -2.30. The van der Waals surface area contributed by atoms with E-state index in [2.05, 4.69) is 17.3 Å². The zero-order valence-electron chi connectivity index (χ0n) is 10.7. The summed E-state index contributed by atoms with van der Waals surface area (Å²) in [5.74, 6) is -0.150. The molecular weight excluding hydrogens is 215 g/mol. The first-order valence-electron chi connectivity index (χ1n) is 6.33. The Hall–Kier alpha value is -0.930. The van der Waals surface area contributed by atoms with Gasteiger partial charge in [0.05, 0.1) is 0 Å². The van der Waals surface area contributed by atoms with Gasteiger partial charge in [-0.05, 0) is 50.1 Å². The third-order valence-corrected chi connectivity index (χ3v) is 3.44. The van der Waals surface area contributed by atoms with Crippen LogP contribution in [0.3, 0.4) is 0 Å². The highest BCUT2D eigenvalue weighted by Gasteiger charge is 2.25. The summed E-state index contributed by atoms with van der Waals surface area (Å²) in [6.07, 6.45) is 2.69. The summed E-state index contributed by atoms with van der Waals surface area (Å²) in [4.78, 5) is 2.39. The largest absolute Gasteiger partial charge is 0.311 e. The van der Waals surface area contributed by atoms with Gasteiger partial charge in [-0.3, -0.25) is 0 Å². The number of benzene rings is 1. The van der Waals surface area contributed by atoms with E-state index >= 15 is 0 Å². The van der Waals surface area contributed by atoms with E-state index in [1.54, 1.807) is 6.07 Å². The molecule has 1 aromatic carbocycles. The van der Waals surface area contributed by atoms with Crippen molar-refractivity contribution in [3.63, 3.8) is 0 Å². The topological polar surface area (TPSA) is 15.3 Å². The minimum Gasteiger partial charge on any atom is -0.311 e. The minimum atomic E-state index is -0.150.